The van der Waals surface area contributed by atoms with Crippen LogP contribution in [-0.4, -0.2) is 35.4 Å². The van der Waals surface area contributed by atoms with Crippen LogP contribution in [0, 0.1) is 5.92 Å². The Bertz CT molecular complexity index is 465. The van der Waals surface area contributed by atoms with Gasteiger partial charge < -0.3 is 14.6 Å². The van der Waals surface area contributed by atoms with Crippen LogP contribution in [0.15, 0.2) is 23.8 Å². The van der Waals surface area contributed by atoms with Gasteiger partial charge in [0.2, 0.25) is 0 Å². The van der Waals surface area contributed by atoms with E-state index < -0.39 is 23.6 Å². The molecule has 0 aromatic carbocycles. The van der Waals surface area contributed by atoms with Crippen molar-refractivity contribution in [2.24, 2.45) is 5.92 Å². The molecule has 0 bridgehead atoms. The van der Waals surface area contributed by atoms with Gasteiger partial charge in [-0.3, -0.25) is 4.79 Å². The highest BCUT2D eigenvalue weighted by atomic mass is 16.6. The Labute approximate surface area is 125 Å². The summed E-state index contributed by atoms with van der Waals surface area (Å²) < 4.78 is 10.2. The van der Waals surface area contributed by atoms with E-state index in [1.807, 2.05) is 6.92 Å². The first kappa shape index (κ1) is 17.4. The second-order valence-electron chi connectivity index (χ2n) is 5.62. The molecule has 0 aromatic rings. The van der Waals surface area contributed by atoms with E-state index in [2.05, 4.69) is 6.58 Å². The van der Waals surface area contributed by atoms with Crippen molar-refractivity contribution >= 4 is 11.9 Å². The summed E-state index contributed by atoms with van der Waals surface area (Å²) in [5.41, 5.74) is 0.279. The van der Waals surface area contributed by atoms with Crippen LogP contribution >= 0.6 is 0 Å². The quantitative estimate of drug-likeness (QED) is 0.489. The summed E-state index contributed by atoms with van der Waals surface area (Å²) in [6.45, 7) is 10.7. The first-order valence-electron chi connectivity index (χ1n) is 7.11. The van der Waals surface area contributed by atoms with Crippen molar-refractivity contribution in [1.29, 1.82) is 0 Å². The minimum absolute atomic E-state index is 0.0457. The van der Waals surface area contributed by atoms with Gasteiger partial charge in [-0.15, -0.1) is 0 Å². The topological polar surface area (TPSA) is 72.8 Å². The van der Waals surface area contributed by atoms with Crippen LogP contribution in [0.5, 0.6) is 0 Å². The van der Waals surface area contributed by atoms with Gasteiger partial charge in [0.1, 0.15) is 0 Å². The first-order chi connectivity index (χ1) is 9.70. The second kappa shape index (κ2) is 6.89. The SMILES string of the molecule is C=C(C)[C@@H]1C/C(=C/C(=O)OCC)[C@](C)(OC(C)=O)[C@@H](O)C1. The fourth-order valence-electron chi connectivity index (χ4n) is 2.60. The monoisotopic (exact) mass is 296 g/mol. The zero-order valence-corrected chi connectivity index (χ0v) is 13.1. The lowest BCUT2D eigenvalue weighted by Gasteiger charge is -2.43. The van der Waals surface area contributed by atoms with E-state index in [1.54, 1.807) is 13.8 Å². The van der Waals surface area contributed by atoms with Crippen molar-refractivity contribution in [3.63, 3.8) is 0 Å². The average Bonchev–Trinajstić information content (AvgIpc) is 2.34. The van der Waals surface area contributed by atoms with Gasteiger partial charge in [-0.2, -0.15) is 0 Å². The number of aliphatic hydroxyl groups excluding tert-OH is 1. The Morgan fingerprint density at radius 3 is 2.57 bits per heavy atom. The molecule has 0 heterocycles. The fourth-order valence-corrected chi connectivity index (χ4v) is 2.60. The molecule has 0 unspecified atom stereocenters. The molecule has 0 spiro atoms. The van der Waals surface area contributed by atoms with Crippen LogP contribution in [0.1, 0.15) is 40.5 Å². The number of carbonyl (C=O) groups excluding carboxylic acids is 2. The number of aliphatic hydroxyl groups is 1. The Hall–Kier alpha value is -1.62. The molecule has 118 valence electrons. The Kier molecular flexibility index (Phi) is 5.72. The molecule has 0 aliphatic heterocycles. The summed E-state index contributed by atoms with van der Waals surface area (Å²) in [6, 6.07) is 0. The van der Waals surface area contributed by atoms with Crippen molar-refractivity contribution in [2.45, 2.75) is 52.2 Å². The molecule has 1 saturated carbocycles. The Morgan fingerprint density at radius 1 is 1.48 bits per heavy atom. The van der Waals surface area contributed by atoms with Gasteiger partial charge in [-0.05, 0) is 45.1 Å². The van der Waals surface area contributed by atoms with Crippen LogP contribution in [0.3, 0.4) is 0 Å². The van der Waals surface area contributed by atoms with Gasteiger partial charge in [0.15, 0.2) is 5.60 Å². The number of hydrogen-bond donors (Lipinski definition) is 1. The molecule has 0 aromatic heterocycles. The van der Waals surface area contributed by atoms with Crippen LogP contribution in [0.4, 0.5) is 0 Å². The zero-order valence-electron chi connectivity index (χ0n) is 13.1. The molecule has 3 atom stereocenters. The summed E-state index contributed by atoms with van der Waals surface area (Å²) in [4.78, 5) is 23.1. The summed E-state index contributed by atoms with van der Waals surface area (Å²) in [5.74, 6) is -0.954. The van der Waals surface area contributed by atoms with Gasteiger partial charge >= 0.3 is 11.9 Å². The Morgan fingerprint density at radius 2 is 2.10 bits per heavy atom. The number of allylic oxidation sites excluding steroid dienone is 1. The van der Waals surface area contributed by atoms with Gasteiger partial charge in [-0.25, -0.2) is 4.79 Å². The van der Waals surface area contributed by atoms with Crippen molar-refractivity contribution in [3.8, 4) is 0 Å². The van der Waals surface area contributed by atoms with Gasteiger partial charge in [0.05, 0.1) is 12.7 Å². The maximum Gasteiger partial charge on any atom is 0.330 e. The fraction of sp³-hybridized carbons (Fsp3) is 0.625. The highest BCUT2D eigenvalue weighted by molar-refractivity contribution is 5.83. The maximum atomic E-state index is 11.7. The van der Waals surface area contributed by atoms with Crippen molar-refractivity contribution in [3.05, 3.63) is 23.8 Å². The standard InChI is InChI=1S/C16H24O5/c1-6-20-15(19)9-13-7-12(10(2)3)8-14(18)16(13,5)21-11(4)17/h9,12,14,18H,2,6-8H2,1,3-5H3/b13-9-/t12-,14+,16+/m1/s1. The third kappa shape index (κ3) is 4.17. The van der Waals surface area contributed by atoms with E-state index >= 15 is 0 Å². The molecule has 1 aliphatic carbocycles. The van der Waals surface area contributed by atoms with Gasteiger partial charge in [0.25, 0.3) is 0 Å². The van der Waals surface area contributed by atoms with Gasteiger partial charge in [-0.1, -0.05) is 12.2 Å². The average molecular weight is 296 g/mol. The minimum Gasteiger partial charge on any atom is -0.463 e. The predicted octanol–water partition coefficient (Wildman–Crippen LogP) is 2.14. The summed E-state index contributed by atoms with van der Waals surface area (Å²) >= 11 is 0. The third-order valence-corrected chi connectivity index (χ3v) is 3.88. The van der Waals surface area contributed by atoms with E-state index in [-0.39, 0.29) is 12.5 Å². The number of carbonyl (C=O) groups is 2. The van der Waals surface area contributed by atoms with Crippen molar-refractivity contribution in [2.75, 3.05) is 6.61 Å². The Balaban J connectivity index is 3.15. The highest BCUT2D eigenvalue weighted by Gasteiger charge is 2.46. The number of ether oxygens (including phenoxy) is 2. The zero-order chi connectivity index (χ0) is 16.2. The molecular formula is C16H24O5. The molecule has 1 rings (SSSR count). The molecule has 1 fully saturated rings. The normalized spacial score (nSPS) is 30.8. The van der Waals surface area contributed by atoms with E-state index in [0.717, 1.165) is 5.57 Å². The molecule has 5 heteroatoms. The maximum absolute atomic E-state index is 11.7. The first-order valence-corrected chi connectivity index (χ1v) is 7.11. The summed E-state index contributed by atoms with van der Waals surface area (Å²) in [5, 5.41) is 10.4. The number of rotatable bonds is 4. The van der Waals surface area contributed by atoms with Crippen molar-refractivity contribution in [1.82, 2.24) is 0 Å². The van der Waals surface area contributed by atoms with E-state index in [1.165, 1.54) is 13.0 Å². The molecule has 0 radical (unpaired) electrons. The van der Waals surface area contributed by atoms with E-state index in [4.69, 9.17) is 9.47 Å². The number of esters is 2. The van der Waals surface area contributed by atoms with Crippen LogP contribution in [0.2, 0.25) is 0 Å². The second-order valence-corrected chi connectivity index (χ2v) is 5.62. The molecule has 5 nitrogen and oxygen atoms in total. The molecule has 21 heavy (non-hydrogen) atoms. The molecule has 0 saturated heterocycles. The van der Waals surface area contributed by atoms with E-state index in [9.17, 15) is 14.7 Å². The molecule has 1 N–H and O–H groups in total. The lowest BCUT2D eigenvalue weighted by atomic mass is 9.71. The third-order valence-electron chi connectivity index (χ3n) is 3.88. The molecule has 0 amide bonds. The van der Waals surface area contributed by atoms with Crippen molar-refractivity contribution < 1.29 is 24.2 Å². The smallest absolute Gasteiger partial charge is 0.330 e. The lowest BCUT2D eigenvalue weighted by Crippen LogP contribution is -2.50. The highest BCUT2D eigenvalue weighted by Crippen LogP contribution is 2.41. The van der Waals surface area contributed by atoms with Crippen LogP contribution in [-0.2, 0) is 19.1 Å². The molecular weight excluding hydrogens is 272 g/mol. The molecule has 1 aliphatic rings. The van der Waals surface area contributed by atoms with E-state index in [0.29, 0.717) is 18.4 Å². The summed E-state index contributed by atoms with van der Waals surface area (Å²) in [6.07, 6.45) is 1.39. The summed E-state index contributed by atoms with van der Waals surface area (Å²) in [7, 11) is 0. The number of hydrogen-bond acceptors (Lipinski definition) is 5. The predicted molar refractivity (Wildman–Crippen MR) is 78.4 cm³/mol. The lowest BCUT2D eigenvalue weighted by molar-refractivity contribution is -0.166. The largest absolute Gasteiger partial charge is 0.463 e. The van der Waals surface area contributed by atoms with Gasteiger partial charge in [0, 0.05) is 13.0 Å². The van der Waals surface area contributed by atoms with Crippen LogP contribution in [0.25, 0.3) is 0 Å². The van der Waals surface area contributed by atoms with Crippen LogP contribution < -0.4 is 0 Å². The minimum atomic E-state index is -1.20.